The van der Waals surface area contributed by atoms with Gasteiger partial charge in [-0.25, -0.2) is 0 Å². The fraction of sp³-hybridized carbons (Fsp3) is 0.677. The van der Waals surface area contributed by atoms with Gasteiger partial charge in [0.2, 0.25) is 0 Å². The third-order valence-electron chi connectivity index (χ3n) is 9.32. The van der Waals surface area contributed by atoms with E-state index in [9.17, 15) is 5.11 Å². The molecule has 1 heterocycles. The molecule has 1 aromatic heterocycles. The largest absolute Gasteiger partial charge is 0.393 e. The first kappa shape index (κ1) is 28.5. The minimum Gasteiger partial charge on any atom is -0.393 e. The molecule has 0 radical (unpaired) electrons. The Bertz CT molecular complexity index is 797. The van der Waals surface area contributed by atoms with Crippen LogP contribution in [0.1, 0.15) is 98.5 Å². The van der Waals surface area contributed by atoms with E-state index >= 15 is 0 Å². The number of aromatic nitrogens is 1. The van der Waals surface area contributed by atoms with E-state index in [1.165, 1.54) is 50.3 Å². The van der Waals surface area contributed by atoms with Crippen molar-refractivity contribution in [2.45, 2.75) is 99.0 Å². The second kappa shape index (κ2) is 12.8. The molecule has 5 rings (SSSR count). The van der Waals surface area contributed by atoms with Crippen molar-refractivity contribution in [2.24, 2.45) is 39.5 Å². The summed E-state index contributed by atoms with van der Waals surface area (Å²) in [6.07, 6.45) is 17.8. The molecule has 0 saturated heterocycles. The minimum atomic E-state index is -0.0381. The zero-order valence-corrected chi connectivity index (χ0v) is 22.8. The van der Waals surface area contributed by atoms with Gasteiger partial charge >= 0.3 is 0 Å². The molecule has 0 bridgehead atoms. The number of aliphatic hydroxyl groups is 1. The van der Waals surface area contributed by atoms with E-state index in [-0.39, 0.29) is 6.10 Å². The Morgan fingerprint density at radius 3 is 2.38 bits per heavy atom. The zero-order valence-electron chi connectivity index (χ0n) is 22.8. The predicted molar refractivity (Wildman–Crippen MR) is 148 cm³/mol. The van der Waals surface area contributed by atoms with Gasteiger partial charge in [-0.3, -0.25) is 9.98 Å². The highest BCUT2D eigenvalue weighted by Crippen LogP contribution is 2.67. The summed E-state index contributed by atoms with van der Waals surface area (Å²) < 4.78 is 0. The van der Waals surface area contributed by atoms with Crippen molar-refractivity contribution in [3.63, 3.8) is 0 Å². The van der Waals surface area contributed by atoms with Gasteiger partial charge in [-0.2, -0.15) is 0 Å². The van der Waals surface area contributed by atoms with Crippen molar-refractivity contribution in [3.8, 4) is 0 Å². The summed E-state index contributed by atoms with van der Waals surface area (Å²) in [5.74, 6) is 3.30. The van der Waals surface area contributed by atoms with E-state index in [0.717, 1.165) is 36.5 Å². The van der Waals surface area contributed by atoms with Crippen molar-refractivity contribution >= 4 is 12.3 Å². The SMILES string of the molecule is C=CN=C.CC.CC.CC12CCC3C(CCC4CC(O)CCC43C)C1CC=C2c1cccnc1. The lowest BCUT2D eigenvalue weighted by molar-refractivity contribution is -0.115. The molecule has 3 heteroatoms. The molecule has 0 aliphatic heterocycles. The highest BCUT2D eigenvalue weighted by molar-refractivity contribution is 5.72. The van der Waals surface area contributed by atoms with Crippen LogP contribution in [0.25, 0.3) is 5.57 Å². The molecular weight excluding hydrogens is 416 g/mol. The van der Waals surface area contributed by atoms with Gasteiger partial charge in [0.05, 0.1) is 6.10 Å². The lowest BCUT2D eigenvalue weighted by atomic mass is 9.44. The summed E-state index contributed by atoms with van der Waals surface area (Å²) in [6, 6.07) is 4.33. The van der Waals surface area contributed by atoms with Crippen molar-refractivity contribution in [3.05, 3.63) is 48.9 Å². The average molecular weight is 467 g/mol. The van der Waals surface area contributed by atoms with Crippen molar-refractivity contribution in [1.82, 2.24) is 4.98 Å². The standard InChI is InChI=1S/C24H33NO.C3H5N.2C2H6/c1-23-11-9-18(26)14-17(23)5-6-19-21-8-7-20(16-4-3-13-25-15-16)24(21,2)12-10-22(19)23;1-3-4-2;2*1-2/h3-4,7,13,15,17-19,21-22,26H,5-6,8-12,14H2,1-2H3;3H,1-2H2;2*1-2H3. The van der Waals surface area contributed by atoms with Gasteiger partial charge in [0.25, 0.3) is 0 Å². The van der Waals surface area contributed by atoms with Gasteiger partial charge in [-0.05, 0) is 110 Å². The minimum absolute atomic E-state index is 0.0381. The molecule has 7 unspecified atom stereocenters. The molecule has 4 aliphatic carbocycles. The Morgan fingerprint density at radius 2 is 1.76 bits per heavy atom. The molecule has 1 N–H and O–H groups in total. The van der Waals surface area contributed by atoms with Gasteiger partial charge in [0, 0.05) is 18.6 Å². The maximum Gasteiger partial charge on any atom is 0.0543 e. The van der Waals surface area contributed by atoms with Crippen LogP contribution in [0.15, 0.2) is 48.4 Å². The molecule has 1 aromatic rings. The van der Waals surface area contributed by atoms with Crippen LogP contribution in [-0.2, 0) is 0 Å². The average Bonchev–Trinajstić information content (AvgIpc) is 3.25. The predicted octanol–water partition coefficient (Wildman–Crippen LogP) is 8.36. The number of aliphatic hydroxyl groups excluding tert-OH is 1. The summed E-state index contributed by atoms with van der Waals surface area (Å²) in [5, 5.41) is 10.2. The Hall–Kier alpha value is -1.74. The second-order valence-corrected chi connectivity index (χ2v) is 10.5. The summed E-state index contributed by atoms with van der Waals surface area (Å²) in [4.78, 5) is 7.64. The first-order valence-corrected chi connectivity index (χ1v) is 13.8. The molecule has 0 aromatic carbocycles. The molecule has 0 spiro atoms. The van der Waals surface area contributed by atoms with Crippen LogP contribution < -0.4 is 0 Å². The molecule has 34 heavy (non-hydrogen) atoms. The van der Waals surface area contributed by atoms with Crippen LogP contribution in [0, 0.1) is 34.5 Å². The van der Waals surface area contributed by atoms with Gasteiger partial charge in [-0.1, -0.05) is 60.3 Å². The zero-order chi connectivity index (χ0) is 25.4. The van der Waals surface area contributed by atoms with E-state index in [1.54, 1.807) is 5.57 Å². The van der Waals surface area contributed by atoms with Crippen molar-refractivity contribution in [2.75, 3.05) is 0 Å². The number of hydrogen-bond acceptors (Lipinski definition) is 3. The maximum atomic E-state index is 10.2. The summed E-state index contributed by atoms with van der Waals surface area (Å²) in [7, 11) is 0. The van der Waals surface area contributed by atoms with E-state index in [0.29, 0.717) is 10.8 Å². The lowest BCUT2D eigenvalue weighted by Crippen LogP contribution is -2.53. The summed E-state index contributed by atoms with van der Waals surface area (Å²) in [5.41, 5.74) is 3.72. The molecule has 7 atom stereocenters. The van der Waals surface area contributed by atoms with Gasteiger partial charge in [0.15, 0.2) is 0 Å². The number of aliphatic imine (C=N–C) groups is 1. The number of pyridine rings is 1. The molecular formula is C31H50N2O. The van der Waals surface area contributed by atoms with Gasteiger partial charge in [-0.15, -0.1) is 0 Å². The molecule has 3 nitrogen and oxygen atoms in total. The summed E-state index contributed by atoms with van der Waals surface area (Å²) in [6.45, 7) is 19.5. The third-order valence-corrected chi connectivity index (χ3v) is 9.32. The topological polar surface area (TPSA) is 45.5 Å². The van der Waals surface area contributed by atoms with E-state index in [1.807, 2.05) is 33.9 Å². The van der Waals surface area contributed by atoms with Crippen molar-refractivity contribution < 1.29 is 5.11 Å². The Labute approximate surface area is 209 Å². The first-order chi connectivity index (χ1) is 16.4. The van der Waals surface area contributed by atoms with Crippen LogP contribution in [0.3, 0.4) is 0 Å². The molecule has 190 valence electrons. The number of hydrogen-bond donors (Lipinski definition) is 1. The van der Waals surface area contributed by atoms with Gasteiger partial charge in [0.1, 0.15) is 0 Å². The Kier molecular flexibility index (Phi) is 10.7. The number of fused-ring (bicyclic) bond motifs is 5. The fourth-order valence-corrected chi connectivity index (χ4v) is 7.77. The van der Waals surface area contributed by atoms with E-state index in [2.05, 4.69) is 61.5 Å². The number of nitrogens with zero attached hydrogens (tertiary/aromatic N) is 2. The molecule has 0 amide bonds. The van der Waals surface area contributed by atoms with Crippen LogP contribution in [0.2, 0.25) is 0 Å². The van der Waals surface area contributed by atoms with Crippen molar-refractivity contribution in [1.29, 1.82) is 0 Å². The number of rotatable bonds is 2. The third kappa shape index (κ3) is 5.40. The molecule has 3 saturated carbocycles. The lowest BCUT2D eigenvalue weighted by Gasteiger charge is -2.60. The molecule has 4 aliphatic rings. The van der Waals surface area contributed by atoms with E-state index < -0.39 is 0 Å². The monoisotopic (exact) mass is 466 g/mol. The van der Waals surface area contributed by atoms with Crippen LogP contribution in [-0.4, -0.2) is 22.9 Å². The van der Waals surface area contributed by atoms with Crippen LogP contribution >= 0.6 is 0 Å². The van der Waals surface area contributed by atoms with Crippen LogP contribution in [0.4, 0.5) is 0 Å². The Balaban J connectivity index is 0.000000456. The molecule has 3 fully saturated rings. The first-order valence-electron chi connectivity index (χ1n) is 13.8. The normalized spacial score (nSPS) is 37.3. The Morgan fingerprint density at radius 1 is 1.06 bits per heavy atom. The second-order valence-electron chi connectivity index (χ2n) is 10.5. The van der Waals surface area contributed by atoms with E-state index in [4.69, 9.17) is 0 Å². The quantitative estimate of drug-likeness (QED) is 0.445. The number of allylic oxidation sites excluding steroid dienone is 2. The van der Waals surface area contributed by atoms with Gasteiger partial charge < -0.3 is 5.11 Å². The van der Waals surface area contributed by atoms with Crippen LogP contribution in [0.5, 0.6) is 0 Å². The smallest absolute Gasteiger partial charge is 0.0543 e. The maximum absolute atomic E-state index is 10.2. The highest BCUT2D eigenvalue weighted by Gasteiger charge is 2.58. The summed E-state index contributed by atoms with van der Waals surface area (Å²) >= 11 is 0. The highest BCUT2D eigenvalue weighted by atomic mass is 16.3. The fourth-order valence-electron chi connectivity index (χ4n) is 7.77.